The summed E-state index contributed by atoms with van der Waals surface area (Å²) in [6, 6.07) is 3.50. The van der Waals surface area contributed by atoms with Gasteiger partial charge in [-0.15, -0.1) is 11.3 Å². The van der Waals surface area contributed by atoms with Crippen LogP contribution in [0.25, 0.3) is 0 Å². The zero-order valence-electron chi connectivity index (χ0n) is 14.1. The lowest BCUT2D eigenvalue weighted by molar-refractivity contribution is 0.0237. The largest absolute Gasteiger partial charge is 0.493 e. The molecule has 1 fully saturated rings. The van der Waals surface area contributed by atoms with Crippen LogP contribution in [-0.2, 0) is 12.0 Å². The van der Waals surface area contributed by atoms with Gasteiger partial charge in [-0.3, -0.25) is 0 Å². The van der Waals surface area contributed by atoms with Crippen molar-refractivity contribution in [2.75, 3.05) is 19.7 Å². The van der Waals surface area contributed by atoms with Gasteiger partial charge in [-0.25, -0.2) is 13.8 Å². The zero-order valence-corrected chi connectivity index (χ0v) is 15.0. The third-order valence-corrected chi connectivity index (χ3v) is 5.85. The number of thiazole rings is 1. The van der Waals surface area contributed by atoms with Gasteiger partial charge in [-0.1, -0.05) is 0 Å². The Morgan fingerprint density at radius 2 is 2.12 bits per heavy atom. The molecule has 2 aromatic rings. The standard InChI is InChI=1S/C18H22F2N2O2S/c1-12-16(5-10-24-13-3-4-14(19)15(20)11-13)25-17(22-12)18(23)6-2-8-21-9-7-18/h3-4,11,21,23H,2,5-10H2,1H3. The van der Waals surface area contributed by atoms with E-state index < -0.39 is 17.2 Å². The van der Waals surface area contributed by atoms with Gasteiger partial charge in [-0.05, 0) is 51.4 Å². The maximum atomic E-state index is 13.2. The van der Waals surface area contributed by atoms with Gasteiger partial charge in [0.15, 0.2) is 11.6 Å². The van der Waals surface area contributed by atoms with Gasteiger partial charge >= 0.3 is 0 Å². The molecule has 1 aromatic heterocycles. The zero-order chi connectivity index (χ0) is 17.9. The topological polar surface area (TPSA) is 54.4 Å². The first kappa shape index (κ1) is 18.2. The van der Waals surface area contributed by atoms with Crippen LogP contribution in [0.4, 0.5) is 8.78 Å². The highest BCUT2D eigenvalue weighted by Crippen LogP contribution is 2.35. The van der Waals surface area contributed by atoms with Crippen LogP contribution in [0.5, 0.6) is 5.75 Å². The van der Waals surface area contributed by atoms with Crippen molar-refractivity contribution in [3.8, 4) is 5.75 Å². The summed E-state index contributed by atoms with van der Waals surface area (Å²) in [4.78, 5) is 5.62. The number of ether oxygens (including phenoxy) is 1. The van der Waals surface area contributed by atoms with E-state index in [-0.39, 0.29) is 0 Å². The minimum atomic E-state index is -0.919. The van der Waals surface area contributed by atoms with Crippen LogP contribution in [-0.4, -0.2) is 29.8 Å². The molecule has 1 saturated heterocycles. The van der Waals surface area contributed by atoms with Crippen molar-refractivity contribution >= 4 is 11.3 Å². The lowest BCUT2D eigenvalue weighted by atomic mass is 9.96. The number of nitrogens with one attached hydrogen (secondary N) is 1. The number of rotatable bonds is 5. The molecule has 0 radical (unpaired) electrons. The minimum absolute atomic E-state index is 0.301. The number of hydrogen-bond acceptors (Lipinski definition) is 5. The van der Waals surface area contributed by atoms with Crippen molar-refractivity contribution in [2.24, 2.45) is 0 Å². The second kappa shape index (κ2) is 7.76. The normalized spacial score (nSPS) is 21.1. The number of nitrogens with zero attached hydrogens (tertiary/aromatic N) is 1. The molecule has 136 valence electrons. The first-order chi connectivity index (χ1) is 12.0. The van der Waals surface area contributed by atoms with Crippen molar-refractivity contribution < 1.29 is 18.6 Å². The van der Waals surface area contributed by atoms with Crippen molar-refractivity contribution in [3.63, 3.8) is 0 Å². The molecule has 0 aliphatic carbocycles. The molecular weight excluding hydrogens is 346 g/mol. The highest BCUT2D eigenvalue weighted by molar-refractivity contribution is 7.11. The number of hydrogen-bond donors (Lipinski definition) is 2. The Morgan fingerprint density at radius 1 is 1.28 bits per heavy atom. The molecule has 7 heteroatoms. The SMILES string of the molecule is Cc1nc(C2(O)CCCNCC2)sc1CCOc1ccc(F)c(F)c1. The molecular formula is C18H22F2N2O2S. The van der Waals surface area contributed by atoms with E-state index in [0.29, 0.717) is 31.6 Å². The van der Waals surface area contributed by atoms with Crippen LogP contribution in [0.15, 0.2) is 18.2 Å². The van der Waals surface area contributed by atoms with Gasteiger partial charge in [0, 0.05) is 17.4 Å². The number of benzene rings is 1. The van der Waals surface area contributed by atoms with Crippen LogP contribution in [0.1, 0.15) is 34.8 Å². The van der Waals surface area contributed by atoms with Crippen molar-refractivity contribution in [2.45, 2.75) is 38.2 Å². The van der Waals surface area contributed by atoms with Crippen molar-refractivity contribution in [3.05, 3.63) is 45.4 Å². The fourth-order valence-corrected chi connectivity index (χ4v) is 4.14. The van der Waals surface area contributed by atoms with Crippen LogP contribution < -0.4 is 10.1 Å². The number of aryl methyl sites for hydroxylation is 1. The summed E-state index contributed by atoms with van der Waals surface area (Å²) in [7, 11) is 0. The molecule has 0 bridgehead atoms. The predicted molar refractivity (Wildman–Crippen MR) is 93.0 cm³/mol. The van der Waals surface area contributed by atoms with Gasteiger partial charge in [0.25, 0.3) is 0 Å². The highest BCUT2D eigenvalue weighted by atomic mass is 32.1. The number of aromatic nitrogens is 1. The van der Waals surface area contributed by atoms with Gasteiger partial charge < -0.3 is 15.2 Å². The lowest BCUT2D eigenvalue weighted by Gasteiger charge is -2.23. The molecule has 0 spiro atoms. The molecule has 4 nitrogen and oxygen atoms in total. The summed E-state index contributed by atoms with van der Waals surface area (Å²) in [5.41, 5.74) is 0.0255. The average Bonchev–Trinajstić information content (AvgIpc) is 2.81. The first-order valence-electron chi connectivity index (χ1n) is 8.46. The molecule has 1 aromatic carbocycles. The molecule has 0 amide bonds. The van der Waals surface area contributed by atoms with E-state index in [9.17, 15) is 13.9 Å². The van der Waals surface area contributed by atoms with E-state index in [1.165, 1.54) is 17.4 Å². The van der Waals surface area contributed by atoms with Crippen molar-refractivity contribution in [1.82, 2.24) is 10.3 Å². The molecule has 25 heavy (non-hydrogen) atoms. The Hall–Kier alpha value is -1.57. The second-order valence-electron chi connectivity index (χ2n) is 6.34. The monoisotopic (exact) mass is 368 g/mol. The quantitative estimate of drug-likeness (QED) is 0.850. The number of aliphatic hydroxyl groups is 1. The minimum Gasteiger partial charge on any atom is -0.493 e. The Labute approximate surface area is 149 Å². The summed E-state index contributed by atoms with van der Waals surface area (Å²) in [6.07, 6.45) is 2.89. The van der Waals surface area contributed by atoms with Gasteiger partial charge in [0.2, 0.25) is 0 Å². The maximum absolute atomic E-state index is 13.2. The Kier molecular flexibility index (Phi) is 5.66. The molecule has 1 unspecified atom stereocenters. The Morgan fingerprint density at radius 3 is 2.92 bits per heavy atom. The maximum Gasteiger partial charge on any atom is 0.162 e. The third-order valence-electron chi connectivity index (χ3n) is 4.44. The smallest absolute Gasteiger partial charge is 0.162 e. The molecule has 2 heterocycles. The molecule has 1 atom stereocenters. The van der Waals surface area contributed by atoms with E-state index in [2.05, 4.69) is 10.3 Å². The van der Waals surface area contributed by atoms with E-state index >= 15 is 0 Å². The van der Waals surface area contributed by atoms with Crippen molar-refractivity contribution in [1.29, 1.82) is 0 Å². The summed E-state index contributed by atoms with van der Waals surface area (Å²) < 4.78 is 31.6. The van der Waals surface area contributed by atoms with E-state index in [4.69, 9.17) is 4.74 Å². The van der Waals surface area contributed by atoms with E-state index in [1.54, 1.807) is 0 Å². The molecule has 1 aliphatic rings. The first-order valence-corrected chi connectivity index (χ1v) is 9.27. The summed E-state index contributed by atoms with van der Waals surface area (Å²) in [5, 5.41) is 15.0. The summed E-state index contributed by atoms with van der Waals surface area (Å²) >= 11 is 1.51. The van der Waals surface area contributed by atoms with Gasteiger partial charge in [0.05, 0.1) is 12.3 Å². The van der Waals surface area contributed by atoms with Gasteiger partial charge in [-0.2, -0.15) is 0 Å². The van der Waals surface area contributed by atoms with E-state index in [0.717, 1.165) is 47.2 Å². The summed E-state index contributed by atoms with van der Waals surface area (Å²) in [6.45, 7) is 3.96. The van der Waals surface area contributed by atoms with E-state index in [1.807, 2.05) is 6.92 Å². The van der Waals surface area contributed by atoms with Crippen LogP contribution in [0.3, 0.4) is 0 Å². The van der Waals surface area contributed by atoms with Gasteiger partial charge in [0.1, 0.15) is 16.4 Å². The van der Waals surface area contributed by atoms with Crippen LogP contribution in [0, 0.1) is 18.6 Å². The third kappa shape index (κ3) is 4.34. The summed E-state index contributed by atoms with van der Waals surface area (Å²) in [5.74, 6) is -1.51. The Balaban J connectivity index is 1.63. The number of halogens is 2. The predicted octanol–water partition coefficient (Wildman–Crippen LogP) is 3.31. The fourth-order valence-electron chi connectivity index (χ4n) is 2.95. The highest BCUT2D eigenvalue weighted by Gasteiger charge is 2.33. The fraction of sp³-hybridized carbons (Fsp3) is 0.500. The molecule has 2 N–H and O–H groups in total. The molecule has 3 rings (SSSR count). The second-order valence-corrected chi connectivity index (χ2v) is 7.42. The van der Waals surface area contributed by atoms with Crippen LogP contribution in [0.2, 0.25) is 0 Å². The molecule has 0 saturated carbocycles. The molecule has 1 aliphatic heterocycles. The average molecular weight is 368 g/mol. The lowest BCUT2D eigenvalue weighted by Crippen LogP contribution is -2.27. The van der Waals surface area contributed by atoms with Crippen LogP contribution >= 0.6 is 11.3 Å². The Bertz CT molecular complexity index is 728.